The maximum absolute atomic E-state index is 10.9. The molecule has 6 heteroatoms. The van der Waals surface area contributed by atoms with E-state index < -0.39 is 20.5 Å². The van der Waals surface area contributed by atoms with Crippen LogP contribution in [0.1, 0.15) is 39.6 Å². The quantitative estimate of drug-likeness (QED) is 0.627. The van der Waals surface area contributed by atoms with Crippen LogP contribution in [0, 0.1) is 0 Å². The molecule has 0 aliphatic heterocycles. The topological polar surface area (TPSA) is 61.1 Å². The van der Waals surface area contributed by atoms with Crippen LogP contribution in [0.3, 0.4) is 0 Å². The van der Waals surface area contributed by atoms with Gasteiger partial charge in [0.05, 0.1) is 13.4 Å². The van der Waals surface area contributed by atoms with Crippen LogP contribution in [0.25, 0.3) is 0 Å². The third-order valence-corrected chi connectivity index (χ3v) is 9.70. The minimum Gasteiger partial charge on any atom is -0.497 e. The van der Waals surface area contributed by atoms with E-state index in [1.54, 1.807) is 25.5 Å². The molecule has 1 aromatic carbocycles. The van der Waals surface area contributed by atoms with Gasteiger partial charge >= 0.3 is 0 Å². The number of methoxy groups -OCH3 is 1. The number of rotatable bonds is 8. The van der Waals surface area contributed by atoms with Gasteiger partial charge in [0.25, 0.3) is 0 Å². The summed E-state index contributed by atoms with van der Waals surface area (Å²) in [6.45, 7) is 12.7. The fourth-order valence-corrected chi connectivity index (χ4v) is 3.85. The molecule has 0 bridgehead atoms. The van der Waals surface area contributed by atoms with Gasteiger partial charge in [0.1, 0.15) is 35.6 Å². The van der Waals surface area contributed by atoms with Crippen molar-refractivity contribution in [2.45, 2.75) is 64.1 Å². The predicted molar refractivity (Wildman–Crippen MR) is 109 cm³/mol. The Morgan fingerprint density at radius 3 is 2.11 bits per heavy atom. The highest BCUT2D eigenvalue weighted by Crippen LogP contribution is 2.39. The van der Waals surface area contributed by atoms with Gasteiger partial charge in [-0.1, -0.05) is 20.8 Å². The molecule has 0 saturated heterocycles. The minimum atomic E-state index is -2.14. The van der Waals surface area contributed by atoms with Gasteiger partial charge in [-0.3, -0.25) is 0 Å². The highest BCUT2D eigenvalue weighted by atomic mass is 28.4. The van der Waals surface area contributed by atoms with Crippen LogP contribution in [0.15, 0.2) is 47.1 Å². The molecule has 2 aromatic rings. The summed E-state index contributed by atoms with van der Waals surface area (Å²) in [6, 6.07) is 10.9. The molecule has 0 saturated carbocycles. The zero-order valence-corrected chi connectivity index (χ0v) is 18.4. The number of aliphatic hydroxyl groups excluding tert-OH is 1. The number of hydrogen-bond acceptors (Lipinski definition) is 5. The number of furan rings is 1. The van der Waals surface area contributed by atoms with E-state index in [0.29, 0.717) is 11.5 Å². The second kappa shape index (κ2) is 8.50. The van der Waals surface area contributed by atoms with E-state index in [1.807, 2.05) is 31.2 Å². The van der Waals surface area contributed by atoms with Gasteiger partial charge in [0.2, 0.25) is 0 Å². The van der Waals surface area contributed by atoms with Gasteiger partial charge in [-0.2, -0.15) is 0 Å². The molecule has 27 heavy (non-hydrogen) atoms. The Bertz CT molecular complexity index is 688. The first-order valence-electron chi connectivity index (χ1n) is 9.25. The maximum atomic E-state index is 10.9. The molecule has 1 N–H and O–H groups in total. The molecule has 0 unspecified atom stereocenters. The fraction of sp³-hybridized carbons (Fsp3) is 0.524. The van der Waals surface area contributed by atoms with Crippen LogP contribution in [-0.2, 0) is 4.43 Å². The van der Waals surface area contributed by atoms with Crippen molar-refractivity contribution < 1.29 is 23.4 Å². The summed E-state index contributed by atoms with van der Waals surface area (Å²) >= 11 is 0. The summed E-state index contributed by atoms with van der Waals surface area (Å²) in [5.74, 6) is 1.93. The van der Waals surface area contributed by atoms with Crippen molar-refractivity contribution in [2.75, 3.05) is 7.11 Å². The first-order valence-corrected chi connectivity index (χ1v) is 12.2. The third-order valence-electron chi connectivity index (χ3n) is 5.23. The zero-order valence-electron chi connectivity index (χ0n) is 17.4. The van der Waals surface area contributed by atoms with Crippen molar-refractivity contribution in [1.29, 1.82) is 0 Å². The van der Waals surface area contributed by atoms with Crippen LogP contribution < -0.4 is 9.47 Å². The van der Waals surface area contributed by atoms with Crippen molar-refractivity contribution in [3.8, 4) is 11.5 Å². The van der Waals surface area contributed by atoms with Gasteiger partial charge in [-0.25, -0.2) is 0 Å². The molecule has 5 nitrogen and oxygen atoms in total. The molecule has 1 heterocycles. The van der Waals surface area contributed by atoms with E-state index >= 15 is 0 Å². The lowest BCUT2D eigenvalue weighted by atomic mass is 10.1. The molecule has 0 aliphatic carbocycles. The molecule has 0 spiro atoms. The minimum absolute atomic E-state index is 0.00790. The average Bonchev–Trinajstić information content (AvgIpc) is 3.13. The van der Waals surface area contributed by atoms with E-state index in [0.717, 1.165) is 5.75 Å². The SMILES string of the molecule is COc1ccc(O[C@H](C)[C@@H](O[Si](C)(C)C(C)(C)C)[C@@H](O)c2ccco2)cc1. The van der Waals surface area contributed by atoms with Crippen LogP contribution in [0.2, 0.25) is 18.1 Å². The van der Waals surface area contributed by atoms with Gasteiger partial charge in [-0.15, -0.1) is 0 Å². The highest BCUT2D eigenvalue weighted by Gasteiger charge is 2.43. The Hall–Kier alpha value is -1.76. The summed E-state index contributed by atoms with van der Waals surface area (Å²) < 4.78 is 23.2. The van der Waals surface area contributed by atoms with Crippen LogP contribution in [0.5, 0.6) is 11.5 Å². The molecule has 3 atom stereocenters. The second-order valence-corrected chi connectivity index (χ2v) is 13.1. The van der Waals surface area contributed by atoms with Crippen LogP contribution >= 0.6 is 0 Å². The average molecular weight is 393 g/mol. The lowest BCUT2D eigenvalue weighted by Gasteiger charge is -2.41. The van der Waals surface area contributed by atoms with Crippen molar-refractivity contribution in [3.63, 3.8) is 0 Å². The molecular formula is C21H32O5Si. The monoisotopic (exact) mass is 392 g/mol. The Kier molecular flexibility index (Phi) is 6.78. The lowest BCUT2D eigenvalue weighted by Crippen LogP contribution is -2.49. The summed E-state index contributed by atoms with van der Waals surface area (Å²) in [6.07, 6.45) is -0.300. The fourth-order valence-electron chi connectivity index (χ4n) is 2.49. The standard InChI is InChI=1S/C21H32O5Si/c1-15(25-17-12-10-16(23-5)11-13-17)20(19(22)18-9-8-14-24-18)26-27(6,7)21(2,3)4/h8-15,19-20,22H,1-7H3/t15-,19+,20-/m1/s1. The smallest absolute Gasteiger partial charge is 0.192 e. The molecule has 0 fully saturated rings. The van der Waals surface area contributed by atoms with E-state index in [1.165, 1.54) is 0 Å². The summed E-state index contributed by atoms with van der Waals surface area (Å²) in [5.41, 5.74) is 0. The second-order valence-electron chi connectivity index (χ2n) is 8.30. The van der Waals surface area contributed by atoms with Crippen molar-refractivity contribution in [1.82, 2.24) is 0 Å². The van der Waals surface area contributed by atoms with Crippen molar-refractivity contribution >= 4 is 8.32 Å². The molecule has 0 radical (unpaired) electrons. The first-order chi connectivity index (χ1) is 12.5. The van der Waals surface area contributed by atoms with E-state index in [2.05, 4.69) is 33.9 Å². The molecule has 0 amide bonds. The van der Waals surface area contributed by atoms with Gasteiger partial charge in [0, 0.05) is 0 Å². The van der Waals surface area contributed by atoms with Gasteiger partial charge < -0.3 is 23.4 Å². The van der Waals surface area contributed by atoms with E-state index in [9.17, 15) is 5.11 Å². The summed E-state index contributed by atoms with van der Waals surface area (Å²) in [4.78, 5) is 0. The third kappa shape index (κ3) is 5.37. The Morgan fingerprint density at radius 1 is 1.04 bits per heavy atom. The van der Waals surface area contributed by atoms with E-state index in [4.69, 9.17) is 18.3 Å². The maximum Gasteiger partial charge on any atom is 0.192 e. The Labute approximate surface area is 163 Å². The molecule has 0 aliphatic rings. The molecule has 2 rings (SSSR count). The predicted octanol–water partition coefficient (Wildman–Crippen LogP) is 5.18. The number of hydrogen-bond donors (Lipinski definition) is 1. The molecule has 150 valence electrons. The van der Waals surface area contributed by atoms with Crippen LogP contribution in [0.4, 0.5) is 0 Å². The number of aliphatic hydroxyl groups is 1. The molecule has 1 aromatic heterocycles. The van der Waals surface area contributed by atoms with Crippen molar-refractivity contribution in [2.24, 2.45) is 0 Å². The summed E-state index contributed by atoms with van der Waals surface area (Å²) in [7, 11) is -0.513. The lowest BCUT2D eigenvalue weighted by molar-refractivity contribution is -0.0440. The van der Waals surface area contributed by atoms with E-state index in [-0.39, 0.29) is 11.1 Å². The summed E-state index contributed by atoms with van der Waals surface area (Å²) in [5, 5.41) is 10.9. The number of ether oxygens (including phenoxy) is 2. The van der Waals surface area contributed by atoms with Crippen LogP contribution in [-0.4, -0.2) is 32.7 Å². The zero-order chi connectivity index (χ0) is 20.2. The largest absolute Gasteiger partial charge is 0.497 e. The Balaban J connectivity index is 2.24. The molecular weight excluding hydrogens is 360 g/mol. The highest BCUT2D eigenvalue weighted by molar-refractivity contribution is 6.74. The normalized spacial score (nSPS) is 15.9. The van der Waals surface area contributed by atoms with Crippen molar-refractivity contribution in [3.05, 3.63) is 48.4 Å². The Morgan fingerprint density at radius 2 is 1.63 bits per heavy atom. The number of benzene rings is 1. The first kappa shape index (κ1) is 21.5. The van der Waals surface area contributed by atoms with Gasteiger partial charge in [-0.05, 0) is 61.5 Å². The van der Waals surface area contributed by atoms with Gasteiger partial charge in [0.15, 0.2) is 8.32 Å².